The van der Waals surface area contributed by atoms with Gasteiger partial charge >= 0.3 is 0 Å². The van der Waals surface area contributed by atoms with Gasteiger partial charge in [-0.25, -0.2) is 0 Å². The Morgan fingerprint density at radius 3 is 2.31 bits per heavy atom. The lowest BCUT2D eigenvalue weighted by Crippen LogP contribution is -2.18. The number of nitro groups is 1. The summed E-state index contributed by atoms with van der Waals surface area (Å²) < 4.78 is 0. The first-order chi connectivity index (χ1) is 12.7. The maximum absolute atomic E-state index is 11.2. The SMILES string of the molecule is O=[N+]([O-])c1cccc([C@@H]2CC(c3ccccc3)=NN2c2ccccc2)c1. The van der Waals surface area contributed by atoms with Crippen LogP contribution >= 0.6 is 0 Å². The number of benzene rings is 3. The van der Waals surface area contributed by atoms with Crippen molar-refractivity contribution in [1.29, 1.82) is 0 Å². The Morgan fingerprint density at radius 1 is 0.923 bits per heavy atom. The standard InChI is InChI=1S/C21H17N3O2/c25-24(26)19-13-7-10-17(14-19)21-15-20(16-8-3-1-4-9-16)22-23(21)18-11-5-2-6-12-18/h1-14,21H,15H2/t21-/m0/s1. The fourth-order valence-corrected chi connectivity index (χ4v) is 3.24. The highest BCUT2D eigenvalue weighted by Gasteiger charge is 2.30. The molecule has 1 atom stereocenters. The molecule has 5 heteroatoms. The van der Waals surface area contributed by atoms with Crippen LogP contribution in [0.4, 0.5) is 11.4 Å². The zero-order valence-electron chi connectivity index (χ0n) is 14.0. The molecule has 5 nitrogen and oxygen atoms in total. The zero-order valence-corrected chi connectivity index (χ0v) is 14.0. The Hall–Kier alpha value is -3.47. The Labute approximate surface area is 151 Å². The number of hydrazone groups is 1. The summed E-state index contributed by atoms with van der Waals surface area (Å²) in [5.41, 5.74) is 4.00. The first-order valence-electron chi connectivity index (χ1n) is 8.44. The molecule has 3 aromatic rings. The van der Waals surface area contributed by atoms with Crippen LogP contribution in [0.3, 0.4) is 0 Å². The molecule has 0 amide bonds. The van der Waals surface area contributed by atoms with E-state index < -0.39 is 0 Å². The molecule has 0 fully saturated rings. The van der Waals surface area contributed by atoms with E-state index in [1.165, 1.54) is 6.07 Å². The summed E-state index contributed by atoms with van der Waals surface area (Å²) in [7, 11) is 0. The van der Waals surface area contributed by atoms with Crippen molar-refractivity contribution in [2.75, 3.05) is 5.01 Å². The minimum atomic E-state index is -0.357. The van der Waals surface area contributed by atoms with Gasteiger partial charge in [-0.3, -0.25) is 15.1 Å². The average molecular weight is 343 g/mol. The highest BCUT2D eigenvalue weighted by Crippen LogP contribution is 2.37. The van der Waals surface area contributed by atoms with Gasteiger partial charge < -0.3 is 0 Å². The third-order valence-electron chi connectivity index (χ3n) is 4.50. The largest absolute Gasteiger partial charge is 0.269 e. The second-order valence-electron chi connectivity index (χ2n) is 6.16. The smallest absolute Gasteiger partial charge is 0.258 e. The van der Waals surface area contributed by atoms with Crippen molar-refractivity contribution in [2.45, 2.75) is 12.5 Å². The van der Waals surface area contributed by atoms with Gasteiger partial charge in [-0.1, -0.05) is 60.7 Å². The van der Waals surface area contributed by atoms with Gasteiger partial charge in [0.1, 0.15) is 0 Å². The molecule has 0 aliphatic carbocycles. The number of nitrogens with zero attached hydrogens (tertiary/aromatic N) is 3. The maximum Gasteiger partial charge on any atom is 0.269 e. The molecule has 1 aliphatic heterocycles. The third kappa shape index (κ3) is 3.07. The molecule has 26 heavy (non-hydrogen) atoms. The van der Waals surface area contributed by atoms with Gasteiger partial charge in [0.2, 0.25) is 0 Å². The van der Waals surface area contributed by atoms with Crippen LogP contribution in [0, 0.1) is 10.1 Å². The molecular formula is C21H17N3O2. The van der Waals surface area contributed by atoms with Crippen molar-refractivity contribution in [3.63, 3.8) is 0 Å². The van der Waals surface area contributed by atoms with Crippen LogP contribution in [0.25, 0.3) is 0 Å². The first-order valence-corrected chi connectivity index (χ1v) is 8.44. The molecule has 0 saturated heterocycles. The van der Waals surface area contributed by atoms with Crippen LogP contribution in [0.15, 0.2) is 90.0 Å². The number of rotatable bonds is 4. The second kappa shape index (κ2) is 6.80. The third-order valence-corrected chi connectivity index (χ3v) is 4.50. The van der Waals surface area contributed by atoms with Gasteiger partial charge in [-0.2, -0.15) is 5.10 Å². The first kappa shape index (κ1) is 16.0. The summed E-state index contributed by atoms with van der Waals surface area (Å²) in [6.45, 7) is 0. The Kier molecular flexibility index (Phi) is 4.19. The molecule has 0 N–H and O–H groups in total. The molecular weight excluding hydrogens is 326 g/mol. The predicted octanol–water partition coefficient (Wildman–Crippen LogP) is 4.95. The maximum atomic E-state index is 11.2. The second-order valence-corrected chi connectivity index (χ2v) is 6.16. The molecule has 0 aromatic heterocycles. The Morgan fingerprint density at radius 2 is 1.62 bits per heavy atom. The summed E-state index contributed by atoms with van der Waals surface area (Å²) >= 11 is 0. The molecule has 3 aromatic carbocycles. The van der Waals surface area contributed by atoms with Crippen LogP contribution < -0.4 is 5.01 Å². The van der Waals surface area contributed by atoms with Crippen molar-refractivity contribution in [3.05, 3.63) is 106 Å². The summed E-state index contributed by atoms with van der Waals surface area (Å²) in [4.78, 5) is 10.8. The van der Waals surface area contributed by atoms with Crippen molar-refractivity contribution in [1.82, 2.24) is 0 Å². The Bertz CT molecular complexity index is 955. The predicted molar refractivity (Wildman–Crippen MR) is 102 cm³/mol. The quantitative estimate of drug-likeness (QED) is 0.497. The zero-order chi connectivity index (χ0) is 17.9. The number of nitro benzene ring substituents is 1. The van der Waals surface area contributed by atoms with Gasteiger partial charge in [-0.15, -0.1) is 0 Å². The lowest BCUT2D eigenvalue weighted by atomic mass is 9.98. The van der Waals surface area contributed by atoms with Gasteiger partial charge in [0.25, 0.3) is 5.69 Å². The van der Waals surface area contributed by atoms with Crippen LogP contribution in [0.2, 0.25) is 0 Å². The van der Waals surface area contributed by atoms with Crippen LogP contribution in [-0.4, -0.2) is 10.6 Å². The monoisotopic (exact) mass is 343 g/mol. The molecule has 128 valence electrons. The Balaban J connectivity index is 1.76. The molecule has 1 heterocycles. The van der Waals surface area contributed by atoms with Crippen molar-refractivity contribution in [3.8, 4) is 0 Å². The van der Waals surface area contributed by atoms with E-state index in [0.29, 0.717) is 6.42 Å². The van der Waals surface area contributed by atoms with E-state index in [2.05, 4.69) is 0 Å². The van der Waals surface area contributed by atoms with Gasteiger partial charge in [-0.05, 0) is 23.3 Å². The molecule has 1 aliphatic rings. The summed E-state index contributed by atoms with van der Waals surface area (Å²) in [6.07, 6.45) is 0.695. The van der Waals surface area contributed by atoms with Crippen LogP contribution in [-0.2, 0) is 0 Å². The molecule has 0 saturated carbocycles. The van der Waals surface area contributed by atoms with E-state index in [0.717, 1.165) is 22.5 Å². The molecule has 0 radical (unpaired) electrons. The highest BCUT2D eigenvalue weighted by molar-refractivity contribution is 6.03. The number of non-ortho nitro benzene ring substituents is 1. The van der Waals surface area contributed by atoms with Gasteiger partial charge in [0.15, 0.2) is 0 Å². The topological polar surface area (TPSA) is 58.7 Å². The number of hydrogen-bond acceptors (Lipinski definition) is 4. The van der Waals surface area contributed by atoms with E-state index in [4.69, 9.17) is 5.10 Å². The highest BCUT2D eigenvalue weighted by atomic mass is 16.6. The summed E-state index contributed by atoms with van der Waals surface area (Å²) in [5, 5.41) is 18.0. The number of anilines is 1. The van der Waals surface area contributed by atoms with Gasteiger partial charge in [0, 0.05) is 18.6 Å². The van der Waals surface area contributed by atoms with E-state index >= 15 is 0 Å². The van der Waals surface area contributed by atoms with Crippen LogP contribution in [0.1, 0.15) is 23.6 Å². The number of para-hydroxylation sites is 1. The summed E-state index contributed by atoms with van der Waals surface area (Å²) in [6, 6.07) is 26.7. The minimum Gasteiger partial charge on any atom is -0.258 e. The fraction of sp³-hybridized carbons (Fsp3) is 0.0952. The van der Waals surface area contributed by atoms with Gasteiger partial charge in [0.05, 0.1) is 22.4 Å². The average Bonchev–Trinajstić information content (AvgIpc) is 3.15. The van der Waals surface area contributed by atoms with E-state index in [1.807, 2.05) is 71.7 Å². The molecule has 0 bridgehead atoms. The molecule has 0 spiro atoms. The van der Waals surface area contributed by atoms with Crippen LogP contribution in [0.5, 0.6) is 0 Å². The lowest BCUT2D eigenvalue weighted by molar-refractivity contribution is -0.384. The normalized spacial score (nSPS) is 16.4. The van der Waals surface area contributed by atoms with Crippen molar-refractivity contribution >= 4 is 17.1 Å². The molecule has 0 unspecified atom stereocenters. The van der Waals surface area contributed by atoms with E-state index in [1.54, 1.807) is 12.1 Å². The van der Waals surface area contributed by atoms with E-state index in [9.17, 15) is 10.1 Å². The summed E-state index contributed by atoms with van der Waals surface area (Å²) in [5.74, 6) is 0. The lowest BCUT2D eigenvalue weighted by Gasteiger charge is -2.23. The molecule has 4 rings (SSSR count). The van der Waals surface area contributed by atoms with Crippen molar-refractivity contribution < 1.29 is 4.92 Å². The minimum absolute atomic E-state index is 0.0764. The fourth-order valence-electron chi connectivity index (χ4n) is 3.24. The van der Waals surface area contributed by atoms with E-state index in [-0.39, 0.29) is 16.7 Å². The van der Waals surface area contributed by atoms with Crippen molar-refractivity contribution in [2.24, 2.45) is 5.10 Å². The number of hydrogen-bond donors (Lipinski definition) is 0.